The monoisotopic (exact) mass is 410 g/mol. The van der Waals surface area contributed by atoms with Crippen LogP contribution in [-0.2, 0) is 19.1 Å². The highest BCUT2D eigenvalue weighted by molar-refractivity contribution is 6.11. The molecule has 30 heavy (non-hydrogen) atoms. The second kappa shape index (κ2) is 9.48. The molecule has 3 aromatic carbocycles. The van der Waals surface area contributed by atoms with Gasteiger partial charge >= 0.3 is 11.9 Å². The second-order valence-corrected chi connectivity index (χ2v) is 7.21. The number of fused-ring (bicyclic) bond motifs is 2. The minimum absolute atomic E-state index is 0.233. The fourth-order valence-corrected chi connectivity index (χ4v) is 3.40. The zero-order valence-corrected chi connectivity index (χ0v) is 17.6. The molecule has 0 aliphatic rings. The molecule has 6 heteroatoms. The van der Waals surface area contributed by atoms with Gasteiger partial charge in [0.1, 0.15) is 36.9 Å². The Morgan fingerprint density at radius 3 is 1.23 bits per heavy atom. The van der Waals surface area contributed by atoms with Crippen LogP contribution in [0.5, 0.6) is 11.5 Å². The van der Waals surface area contributed by atoms with Gasteiger partial charge in [-0.05, 0) is 13.8 Å². The van der Waals surface area contributed by atoms with E-state index < -0.39 is 0 Å². The van der Waals surface area contributed by atoms with Crippen molar-refractivity contribution in [1.82, 2.24) is 0 Å². The van der Waals surface area contributed by atoms with E-state index in [1.54, 1.807) is 13.8 Å². The van der Waals surface area contributed by atoms with E-state index in [1.807, 2.05) is 48.5 Å². The van der Waals surface area contributed by atoms with E-state index in [0.29, 0.717) is 11.5 Å². The molecule has 2 atom stereocenters. The van der Waals surface area contributed by atoms with Crippen molar-refractivity contribution in [3.63, 3.8) is 0 Å². The van der Waals surface area contributed by atoms with Gasteiger partial charge < -0.3 is 18.9 Å². The summed E-state index contributed by atoms with van der Waals surface area (Å²) in [6, 6.07) is 15.6. The SMILES string of the molecule is CC(=O)OC(C)COc1c2ccccc2c(OCC(C)OC(C)=O)c2ccccc12. The fraction of sp³-hybridized carbons (Fsp3) is 0.333. The van der Waals surface area contributed by atoms with Gasteiger partial charge in [0.25, 0.3) is 0 Å². The van der Waals surface area contributed by atoms with Crippen LogP contribution in [0.2, 0.25) is 0 Å². The summed E-state index contributed by atoms with van der Waals surface area (Å²) in [5.41, 5.74) is 0. The summed E-state index contributed by atoms with van der Waals surface area (Å²) in [6.07, 6.45) is -0.749. The number of hydrogen-bond acceptors (Lipinski definition) is 6. The molecule has 0 heterocycles. The lowest BCUT2D eigenvalue weighted by atomic mass is 10.0. The summed E-state index contributed by atoms with van der Waals surface area (Å²) >= 11 is 0. The summed E-state index contributed by atoms with van der Waals surface area (Å²) in [5, 5.41) is 3.56. The number of carbonyl (C=O) groups excluding carboxylic acids is 2. The lowest BCUT2D eigenvalue weighted by Crippen LogP contribution is -2.21. The summed E-state index contributed by atoms with van der Waals surface area (Å²) in [7, 11) is 0. The van der Waals surface area contributed by atoms with Crippen LogP contribution in [-0.4, -0.2) is 37.4 Å². The number of esters is 2. The lowest BCUT2D eigenvalue weighted by Gasteiger charge is -2.20. The summed E-state index contributed by atoms with van der Waals surface area (Å²) in [6.45, 7) is 6.81. The van der Waals surface area contributed by atoms with Crippen molar-refractivity contribution in [2.75, 3.05) is 13.2 Å². The molecule has 0 aromatic heterocycles. The zero-order chi connectivity index (χ0) is 21.7. The van der Waals surface area contributed by atoms with Crippen LogP contribution in [0.3, 0.4) is 0 Å². The third-order valence-corrected chi connectivity index (χ3v) is 4.49. The topological polar surface area (TPSA) is 71.1 Å². The van der Waals surface area contributed by atoms with Gasteiger partial charge in [0, 0.05) is 35.4 Å². The van der Waals surface area contributed by atoms with Crippen LogP contribution >= 0.6 is 0 Å². The normalized spacial score (nSPS) is 12.9. The van der Waals surface area contributed by atoms with E-state index >= 15 is 0 Å². The van der Waals surface area contributed by atoms with Gasteiger partial charge in [-0.25, -0.2) is 0 Å². The van der Waals surface area contributed by atoms with Crippen LogP contribution in [0, 0.1) is 0 Å². The van der Waals surface area contributed by atoms with Crippen molar-refractivity contribution in [3.8, 4) is 11.5 Å². The maximum Gasteiger partial charge on any atom is 0.303 e. The van der Waals surface area contributed by atoms with Crippen LogP contribution < -0.4 is 9.47 Å². The molecular formula is C24H26O6. The van der Waals surface area contributed by atoms with E-state index in [0.717, 1.165) is 21.5 Å². The third kappa shape index (κ3) is 5.00. The van der Waals surface area contributed by atoms with Crippen LogP contribution in [0.25, 0.3) is 21.5 Å². The van der Waals surface area contributed by atoms with Crippen molar-refractivity contribution >= 4 is 33.5 Å². The molecule has 0 aliphatic carbocycles. The van der Waals surface area contributed by atoms with Gasteiger partial charge in [-0.1, -0.05) is 48.5 Å². The molecule has 0 radical (unpaired) electrons. The highest BCUT2D eigenvalue weighted by Gasteiger charge is 2.18. The Morgan fingerprint density at radius 2 is 0.967 bits per heavy atom. The highest BCUT2D eigenvalue weighted by Crippen LogP contribution is 2.42. The van der Waals surface area contributed by atoms with Gasteiger partial charge in [0.15, 0.2) is 0 Å². The molecular weight excluding hydrogens is 384 g/mol. The van der Waals surface area contributed by atoms with Crippen molar-refractivity contribution in [1.29, 1.82) is 0 Å². The molecule has 0 bridgehead atoms. The summed E-state index contributed by atoms with van der Waals surface area (Å²) in [5.74, 6) is 0.735. The molecule has 0 saturated carbocycles. The molecule has 0 N–H and O–H groups in total. The minimum atomic E-state index is -0.375. The largest absolute Gasteiger partial charge is 0.488 e. The smallest absolute Gasteiger partial charge is 0.303 e. The Bertz CT molecular complexity index is 917. The Hall–Kier alpha value is -3.28. The second-order valence-electron chi connectivity index (χ2n) is 7.21. The quantitative estimate of drug-likeness (QED) is 0.398. The average Bonchev–Trinajstić information content (AvgIpc) is 2.69. The summed E-state index contributed by atoms with van der Waals surface area (Å²) < 4.78 is 22.6. The molecule has 0 amide bonds. The molecule has 0 spiro atoms. The van der Waals surface area contributed by atoms with Crippen molar-refractivity contribution < 1.29 is 28.5 Å². The third-order valence-electron chi connectivity index (χ3n) is 4.49. The molecule has 158 valence electrons. The highest BCUT2D eigenvalue weighted by atomic mass is 16.6. The van der Waals surface area contributed by atoms with Crippen LogP contribution in [0.1, 0.15) is 27.7 Å². The Kier molecular flexibility index (Phi) is 6.77. The summed E-state index contributed by atoms with van der Waals surface area (Å²) in [4.78, 5) is 22.4. The van der Waals surface area contributed by atoms with Gasteiger partial charge in [-0.3, -0.25) is 9.59 Å². The standard InChI is InChI=1S/C24H26O6/c1-15(29-17(3)25)13-27-23-19-9-5-7-11-21(19)24(22-12-8-6-10-20(22)23)28-14-16(2)30-18(4)26/h5-12,15-16H,13-14H2,1-4H3. The first-order valence-electron chi connectivity index (χ1n) is 9.90. The lowest BCUT2D eigenvalue weighted by molar-refractivity contribution is -0.147. The van der Waals surface area contributed by atoms with E-state index in [4.69, 9.17) is 18.9 Å². The van der Waals surface area contributed by atoms with E-state index in [9.17, 15) is 9.59 Å². The van der Waals surface area contributed by atoms with Crippen LogP contribution in [0.4, 0.5) is 0 Å². The average molecular weight is 410 g/mol. The predicted octanol–water partition coefficient (Wildman–Crippen LogP) is 4.65. The maximum atomic E-state index is 11.2. The van der Waals surface area contributed by atoms with Gasteiger partial charge in [-0.15, -0.1) is 0 Å². The van der Waals surface area contributed by atoms with E-state index in [2.05, 4.69) is 0 Å². The molecule has 3 rings (SSSR count). The molecule has 6 nitrogen and oxygen atoms in total. The van der Waals surface area contributed by atoms with Crippen molar-refractivity contribution in [2.45, 2.75) is 39.9 Å². The van der Waals surface area contributed by atoms with Crippen molar-refractivity contribution in [3.05, 3.63) is 48.5 Å². The van der Waals surface area contributed by atoms with Crippen molar-refractivity contribution in [2.24, 2.45) is 0 Å². The first-order valence-corrected chi connectivity index (χ1v) is 9.90. The molecule has 3 aromatic rings. The Morgan fingerprint density at radius 1 is 0.667 bits per heavy atom. The number of hydrogen-bond donors (Lipinski definition) is 0. The maximum absolute atomic E-state index is 11.2. The van der Waals surface area contributed by atoms with Gasteiger partial charge in [0.05, 0.1) is 0 Å². The van der Waals surface area contributed by atoms with E-state index in [1.165, 1.54) is 13.8 Å². The fourth-order valence-electron chi connectivity index (χ4n) is 3.40. The zero-order valence-electron chi connectivity index (χ0n) is 17.6. The first kappa shape index (κ1) is 21.4. The predicted molar refractivity (Wildman–Crippen MR) is 115 cm³/mol. The van der Waals surface area contributed by atoms with E-state index in [-0.39, 0.29) is 37.4 Å². The Labute approximate surface area is 175 Å². The Balaban J connectivity index is 2.01. The van der Waals surface area contributed by atoms with Gasteiger partial charge in [0.2, 0.25) is 0 Å². The number of benzene rings is 3. The molecule has 2 unspecified atom stereocenters. The van der Waals surface area contributed by atoms with Gasteiger partial charge in [-0.2, -0.15) is 0 Å². The number of carbonyl (C=O) groups is 2. The first-order chi connectivity index (χ1) is 14.4. The molecule has 0 aliphatic heterocycles. The number of rotatable bonds is 8. The van der Waals surface area contributed by atoms with Crippen LogP contribution in [0.15, 0.2) is 48.5 Å². The molecule has 0 saturated heterocycles. The molecule has 0 fully saturated rings. The number of ether oxygens (including phenoxy) is 4. The minimum Gasteiger partial charge on any atom is -0.488 e.